The first-order chi connectivity index (χ1) is 4.77. The van der Waals surface area contributed by atoms with Gasteiger partial charge in [-0.05, 0) is 42.9 Å². The van der Waals surface area contributed by atoms with Gasteiger partial charge < -0.3 is 0 Å². The summed E-state index contributed by atoms with van der Waals surface area (Å²) < 4.78 is 0. The summed E-state index contributed by atoms with van der Waals surface area (Å²) in [6, 6.07) is 0. The Morgan fingerprint density at radius 3 is 2.20 bits per heavy atom. The van der Waals surface area contributed by atoms with Crippen LogP contribution in [0.15, 0.2) is 0 Å². The van der Waals surface area contributed by atoms with E-state index in [-0.39, 0.29) is 0 Å². The SMILES string of the molecule is CC(C)[C@H]1CC2CCC1C2. The van der Waals surface area contributed by atoms with Crippen LogP contribution in [0.25, 0.3) is 0 Å². The van der Waals surface area contributed by atoms with Gasteiger partial charge in [0.25, 0.3) is 0 Å². The molecule has 0 saturated heterocycles. The monoisotopic (exact) mass is 138 g/mol. The van der Waals surface area contributed by atoms with Crippen molar-refractivity contribution in [3.63, 3.8) is 0 Å². The van der Waals surface area contributed by atoms with Gasteiger partial charge in [0.05, 0.1) is 0 Å². The van der Waals surface area contributed by atoms with Crippen molar-refractivity contribution < 1.29 is 0 Å². The normalized spacial score (nSPS) is 45.3. The van der Waals surface area contributed by atoms with Crippen molar-refractivity contribution in [3.8, 4) is 0 Å². The highest BCUT2D eigenvalue weighted by Crippen LogP contribution is 2.50. The second-order valence-corrected chi connectivity index (χ2v) is 4.58. The number of hydrogen-bond donors (Lipinski definition) is 0. The van der Waals surface area contributed by atoms with Gasteiger partial charge in [-0.1, -0.05) is 20.3 Å². The fourth-order valence-electron chi connectivity index (χ4n) is 3.11. The van der Waals surface area contributed by atoms with Crippen LogP contribution in [0.1, 0.15) is 39.5 Å². The van der Waals surface area contributed by atoms with E-state index in [1.54, 1.807) is 25.7 Å². The second-order valence-electron chi connectivity index (χ2n) is 4.58. The van der Waals surface area contributed by atoms with Gasteiger partial charge >= 0.3 is 0 Å². The molecule has 2 saturated carbocycles. The minimum Gasteiger partial charge on any atom is -0.0625 e. The van der Waals surface area contributed by atoms with Crippen LogP contribution >= 0.6 is 0 Å². The molecule has 0 radical (unpaired) electrons. The van der Waals surface area contributed by atoms with Crippen molar-refractivity contribution in [2.75, 3.05) is 0 Å². The molecule has 3 atom stereocenters. The molecule has 2 unspecified atom stereocenters. The Hall–Kier alpha value is 0. The highest BCUT2D eigenvalue weighted by Gasteiger charge is 2.40. The average molecular weight is 138 g/mol. The lowest BCUT2D eigenvalue weighted by Crippen LogP contribution is -2.15. The van der Waals surface area contributed by atoms with E-state index in [9.17, 15) is 0 Å². The zero-order valence-corrected chi connectivity index (χ0v) is 7.14. The lowest BCUT2D eigenvalue weighted by atomic mass is 9.81. The summed E-state index contributed by atoms with van der Waals surface area (Å²) in [5.41, 5.74) is 0. The molecule has 0 aromatic rings. The van der Waals surface area contributed by atoms with Crippen LogP contribution < -0.4 is 0 Å². The zero-order valence-electron chi connectivity index (χ0n) is 7.14. The Morgan fingerprint density at radius 2 is 1.90 bits per heavy atom. The molecular formula is C10H18. The lowest BCUT2D eigenvalue weighted by Gasteiger charge is -2.24. The molecule has 2 fully saturated rings. The molecule has 0 N–H and O–H groups in total. The van der Waals surface area contributed by atoms with E-state index in [0.29, 0.717) is 0 Å². The lowest BCUT2D eigenvalue weighted by molar-refractivity contribution is 0.256. The summed E-state index contributed by atoms with van der Waals surface area (Å²) in [6.45, 7) is 4.79. The van der Waals surface area contributed by atoms with Crippen molar-refractivity contribution in [1.29, 1.82) is 0 Å². The van der Waals surface area contributed by atoms with Gasteiger partial charge in [0.2, 0.25) is 0 Å². The molecule has 10 heavy (non-hydrogen) atoms. The standard InChI is InChI=1S/C10H18/c1-7(2)10-6-8-3-4-9(10)5-8/h7-10H,3-6H2,1-2H3/t8?,9?,10-/m1/s1. The molecule has 0 aromatic carbocycles. The summed E-state index contributed by atoms with van der Waals surface area (Å²) in [5.74, 6) is 4.32. The molecule has 0 aliphatic heterocycles. The Balaban J connectivity index is 2.02. The third kappa shape index (κ3) is 0.889. The van der Waals surface area contributed by atoms with Gasteiger partial charge in [0.15, 0.2) is 0 Å². The molecular weight excluding hydrogens is 120 g/mol. The van der Waals surface area contributed by atoms with Crippen molar-refractivity contribution >= 4 is 0 Å². The Bertz CT molecular complexity index is 126. The summed E-state index contributed by atoms with van der Waals surface area (Å²) in [7, 11) is 0. The summed E-state index contributed by atoms with van der Waals surface area (Å²) in [4.78, 5) is 0. The Kier molecular flexibility index (Phi) is 1.51. The quantitative estimate of drug-likeness (QED) is 0.522. The topological polar surface area (TPSA) is 0 Å². The summed E-state index contributed by atoms with van der Waals surface area (Å²) in [6.07, 6.45) is 6.23. The van der Waals surface area contributed by atoms with Crippen LogP contribution in [0.2, 0.25) is 0 Å². The first-order valence-corrected chi connectivity index (χ1v) is 4.77. The number of fused-ring (bicyclic) bond motifs is 2. The van der Waals surface area contributed by atoms with Crippen LogP contribution in [0.5, 0.6) is 0 Å². The first-order valence-electron chi connectivity index (χ1n) is 4.77. The van der Waals surface area contributed by atoms with Crippen molar-refractivity contribution in [2.45, 2.75) is 39.5 Å². The van der Waals surface area contributed by atoms with Crippen LogP contribution in [0, 0.1) is 23.7 Å². The maximum absolute atomic E-state index is 2.39. The van der Waals surface area contributed by atoms with Gasteiger partial charge in [-0.25, -0.2) is 0 Å². The van der Waals surface area contributed by atoms with E-state index in [1.807, 2.05) is 0 Å². The van der Waals surface area contributed by atoms with Gasteiger partial charge in [0, 0.05) is 0 Å². The molecule has 0 heteroatoms. The second kappa shape index (κ2) is 2.25. The van der Waals surface area contributed by atoms with E-state index in [0.717, 1.165) is 23.7 Å². The van der Waals surface area contributed by atoms with Crippen LogP contribution in [-0.4, -0.2) is 0 Å². The van der Waals surface area contributed by atoms with E-state index >= 15 is 0 Å². The van der Waals surface area contributed by atoms with E-state index < -0.39 is 0 Å². The van der Waals surface area contributed by atoms with E-state index in [1.165, 1.54) is 0 Å². The Labute approximate surface area is 64.0 Å². The predicted molar refractivity (Wildman–Crippen MR) is 43.8 cm³/mol. The molecule has 2 bridgehead atoms. The molecule has 0 heterocycles. The van der Waals surface area contributed by atoms with Crippen molar-refractivity contribution in [1.82, 2.24) is 0 Å². The fraction of sp³-hybridized carbons (Fsp3) is 1.00. The third-order valence-corrected chi connectivity index (χ3v) is 3.65. The highest BCUT2D eigenvalue weighted by molar-refractivity contribution is 4.90. The molecule has 2 rings (SSSR count). The average Bonchev–Trinajstić information content (AvgIpc) is 2.44. The predicted octanol–water partition coefficient (Wildman–Crippen LogP) is 3.08. The molecule has 0 spiro atoms. The summed E-state index contributed by atoms with van der Waals surface area (Å²) in [5, 5.41) is 0. The fourth-order valence-corrected chi connectivity index (χ4v) is 3.11. The molecule has 0 nitrogen and oxygen atoms in total. The molecule has 0 aromatic heterocycles. The largest absolute Gasteiger partial charge is 0.0625 e. The van der Waals surface area contributed by atoms with Crippen molar-refractivity contribution in [2.24, 2.45) is 23.7 Å². The van der Waals surface area contributed by atoms with Gasteiger partial charge in [0.1, 0.15) is 0 Å². The minimum atomic E-state index is 0.954. The minimum absolute atomic E-state index is 0.954. The maximum Gasteiger partial charge on any atom is -0.0360 e. The van der Waals surface area contributed by atoms with E-state index in [4.69, 9.17) is 0 Å². The molecule has 2 aliphatic carbocycles. The van der Waals surface area contributed by atoms with Gasteiger partial charge in [-0.15, -0.1) is 0 Å². The maximum atomic E-state index is 2.39. The van der Waals surface area contributed by atoms with Gasteiger partial charge in [-0.2, -0.15) is 0 Å². The van der Waals surface area contributed by atoms with Crippen LogP contribution in [0.3, 0.4) is 0 Å². The zero-order chi connectivity index (χ0) is 7.14. The molecule has 0 amide bonds. The third-order valence-electron chi connectivity index (χ3n) is 3.65. The molecule has 2 aliphatic rings. The Morgan fingerprint density at radius 1 is 1.10 bits per heavy atom. The number of rotatable bonds is 1. The first kappa shape index (κ1) is 6.69. The van der Waals surface area contributed by atoms with Gasteiger partial charge in [-0.3, -0.25) is 0 Å². The summed E-state index contributed by atoms with van der Waals surface area (Å²) >= 11 is 0. The van der Waals surface area contributed by atoms with E-state index in [2.05, 4.69) is 13.8 Å². The van der Waals surface area contributed by atoms with Crippen LogP contribution in [-0.2, 0) is 0 Å². The van der Waals surface area contributed by atoms with Crippen molar-refractivity contribution in [3.05, 3.63) is 0 Å². The van der Waals surface area contributed by atoms with Crippen LogP contribution in [0.4, 0.5) is 0 Å². The highest BCUT2D eigenvalue weighted by atomic mass is 14.5. The smallest absolute Gasteiger partial charge is 0.0360 e. The number of hydrogen-bond acceptors (Lipinski definition) is 0. The molecule has 58 valence electrons.